The maximum atomic E-state index is 13.2. The Labute approximate surface area is 166 Å². The number of carbonyl (C=O) groups is 1. The molecule has 2 N–H and O–H groups in total. The molecule has 4 nitrogen and oxygen atoms in total. The highest BCUT2D eigenvalue weighted by Crippen LogP contribution is 2.26. The molecule has 146 valence electrons. The molecule has 0 amide bonds. The summed E-state index contributed by atoms with van der Waals surface area (Å²) in [5.41, 5.74) is 3.06. The number of likely N-dealkylation sites (tertiary alicyclic amines) is 1. The highest BCUT2D eigenvalue weighted by atomic mass is 16.3. The predicted octanol–water partition coefficient (Wildman–Crippen LogP) is 4.64. The van der Waals surface area contributed by atoms with Gasteiger partial charge in [0, 0.05) is 30.3 Å². The zero-order valence-electron chi connectivity index (χ0n) is 16.4. The molecule has 2 aromatic rings. The molecule has 0 unspecified atom stereocenters. The van der Waals surface area contributed by atoms with Crippen molar-refractivity contribution < 1.29 is 15.0 Å². The fourth-order valence-corrected chi connectivity index (χ4v) is 3.76. The first kappa shape index (κ1) is 19.9. The average molecular weight is 377 g/mol. The minimum absolute atomic E-state index is 0.0221. The van der Waals surface area contributed by atoms with E-state index >= 15 is 0 Å². The van der Waals surface area contributed by atoms with E-state index in [4.69, 9.17) is 0 Å². The maximum absolute atomic E-state index is 13.2. The SMILES string of the molecule is CCC(CC)N1C/C(=C/c2cccc(O)c2)C(=O)/C(=C/c2cccc(O)c2)C1. The van der Waals surface area contributed by atoms with Crippen LogP contribution in [-0.2, 0) is 4.79 Å². The molecule has 1 aliphatic heterocycles. The predicted molar refractivity (Wildman–Crippen MR) is 113 cm³/mol. The lowest BCUT2D eigenvalue weighted by Gasteiger charge is -2.35. The molecule has 0 saturated carbocycles. The van der Waals surface area contributed by atoms with Crippen LogP contribution in [-0.4, -0.2) is 40.0 Å². The molecular weight excluding hydrogens is 350 g/mol. The first-order valence-electron chi connectivity index (χ1n) is 9.78. The molecule has 0 aliphatic carbocycles. The summed E-state index contributed by atoms with van der Waals surface area (Å²) in [6.07, 6.45) is 5.77. The van der Waals surface area contributed by atoms with E-state index in [1.54, 1.807) is 36.4 Å². The van der Waals surface area contributed by atoms with Crippen LogP contribution < -0.4 is 0 Å². The van der Waals surface area contributed by atoms with E-state index in [1.165, 1.54) is 0 Å². The Morgan fingerprint density at radius 2 is 1.36 bits per heavy atom. The van der Waals surface area contributed by atoms with Crippen molar-refractivity contribution in [1.82, 2.24) is 4.90 Å². The zero-order chi connectivity index (χ0) is 20.1. The summed E-state index contributed by atoms with van der Waals surface area (Å²) in [7, 11) is 0. The number of piperidine rings is 1. The smallest absolute Gasteiger partial charge is 0.187 e. The minimum Gasteiger partial charge on any atom is -0.508 e. The molecule has 0 aromatic heterocycles. The Hall–Kier alpha value is -2.85. The summed E-state index contributed by atoms with van der Waals surface area (Å²) < 4.78 is 0. The van der Waals surface area contributed by atoms with E-state index in [0.29, 0.717) is 19.1 Å². The van der Waals surface area contributed by atoms with Gasteiger partial charge in [-0.25, -0.2) is 0 Å². The number of hydrogen-bond acceptors (Lipinski definition) is 4. The van der Waals surface area contributed by atoms with Crippen molar-refractivity contribution in [2.75, 3.05) is 13.1 Å². The summed E-state index contributed by atoms with van der Waals surface area (Å²) in [6, 6.07) is 14.3. The molecule has 0 atom stereocenters. The van der Waals surface area contributed by atoms with E-state index in [-0.39, 0.29) is 17.3 Å². The minimum atomic E-state index is 0.0221. The number of Topliss-reactive ketones (excluding diaryl/α,β-unsaturated/α-hetero) is 1. The largest absolute Gasteiger partial charge is 0.508 e. The second kappa shape index (κ2) is 8.89. The quantitative estimate of drug-likeness (QED) is 0.746. The Morgan fingerprint density at radius 3 is 1.75 bits per heavy atom. The fraction of sp³-hybridized carbons (Fsp3) is 0.292. The van der Waals surface area contributed by atoms with Crippen LogP contribution in [0.2, 0.25) is 0 Å². The second-order valence-electron chi connectivity index (χ2n) is 7.23. The van der Waals surface area contributed by atoms with Gasteiger partial charge in [0.25, 0.3) is 0 Å². The van der Waals surface area contributed by atoms with Gasteiger partial charge in [-0.05, 0) is 60.4 Å². The summed E-state index contributed by atoms with van der Waals surface area (Å²) in [5.74, 6) is 0.392. The van der Waals surface area contributed by atoms with Crippen LogP contribution in [0.1, 0.15) is 37.8 Å². The third-order valence-corrected chi connectivity index (χ3v) is 5.21. The van der Waals surface area contributed by atoms with Crippen molar-refractivity contribution in [2.24, 2.45) is 0 Å². The van der Waals surface area contributed by atoms with E-state index in [9.17, 15) is 15.0 Å². The first-order valence-corrected chi connectivity index (χ1v) is 9.78. The van der Waals surface area contributed by atoms with E-state index < -0.39 is 0 Å². The standard InChI is InChI=1S/C24H27NO3/c1-3-21(4-2)25-15-19(11-17-7-5-9-22(26)13-17)24(28)20(16-25)12-18-8-6-10-23(27)14-18/h5-14,21,26-27H,3-4,15-16H2,1-2H3/b19-11-,20-12+. The van der Waals surface area contributed by atoms with Crippen molar-refractivity contribution in [1.29, 1.82) is 0 Å². The van der Waals surface area contributed by atoms with Crippen molar-refractivity contribution >= 4 is 17.9 Å². The number of hydrogen-bond donors (Lipinski definition) is 2. The summed E-state index contributed by atoms with van der Waals surface area (Å²) in [4.78, 5) is 15.5. The third-order valence-electron chi connectivity index (χ3n) is 5.21. The number of aromatic hydroxyl groups is 2. The van der Waals surface area contributed by atoms with Gasteiger partial charge >= 0.3 is 0 Å². The molecule has 4 heteroatoms. The molecule has 1 heterocycles. The van der Waals surface area contributed by atoms with Crippen LogP contribution in [0.3, 0.4) is 0 Å². The molecule has 2 aromatic carbocycles. The number of nitrogens with zero attached hydrogens (tertiary/aromatic N) is 1. The number of phenols is 2. The number of carbonyl (C=O) groups excluding carboxylic acids is 1. The summed E-state index contributed by atoms with van der Waals surface area (Å²) >= 11 is 0. The van der Waals surface area contributed by atoms with Crippen molar-refractivity contribution in [2.45, 2.75) is 32.7 Å². The molecule has 1 saturated heterocycles. The number of rotatable bonds is 5. The van der Waals surface area contributed by atoms with Crippen LogP contribution in [0, 0.1) is 0 Å². The third kappa shape index (κ3) is 4.70. The highest BCUT2D eigenvalue weighted by molar-refractivity contribution is 6.14. The van der Waals surface area contributed by atoms with Crippen molar-refractivity contribution in [3.8, 4) is 11.5 Å². The lowest BCUT2D eigenvalue weighted by atomic mass is 9.92. The Balaban J connectivity index is 2.00. The normalized spacial score (nSPS) is 18.3. The fourth-order valence-electron chi connectivity index (χ4n) is 3.76. The molecular formula is C24H27NO3. The van der Waals surface area contributed by atoms with Crippen LogP contribution in [0.5, 0.6) is 11.5 Å². The molecule has 28 heavy (non-hydrogen) atoms. The number of ketones is 1. The highest BCUT2D eigenvalue weighted by Gasteiger charge is 2.29. The molecule has 1 fully saturated rings. The van der Waals surface area contributed by atoms with Gasteiger partial charge in [0.1, 0.15) is 11.5 Å². The summed E-state index contributed by atoms with van der Waals surface area (Å²) in [5, 5.41) is 19.5. The van der Waals surface area contributed by atoms with Crippen molar-refractivity contribution in [3.63, 3.8) is 0 Å². The Bertz CT molecular complexity index is 842. The molecule has 0 spiro atoms. The van der Waals surface area contributed by atoms with Crippen LogP contribution in [0.4, 0.5) is 0 Å². The van der Waals surface area contributed by atoms with Gasteiger partial charge in [0.2, 0.25) is 0 Å². The average Bonchev–Trinajstić information content (AvgIpc) is 2.66. The van der Waals surface area contributed by atoms with E-state index in [1.807, 2.05) is 24.3 Å². The number of benzene rings is 2. The number of phenolic OH excluding ortho intramolecular Hbond substituents is 2. The zero-order valence-corrected chi connectivity index (χ0v) is 16.4. The topological polar surface area (TPSA) is 60.8 Å². The monoisotopic (exact) mass is 377 g/mol. The van der Waals surface area contributed by atoms with Gasteiger partial charge < -0.3 is 10.2 Å². The van der Waals surface area contributed by atoms with Crippen molar-refractivity contribution in [3.05, 3.63) is 70.8 Å². The molecule has 3 rings (SSSR count). The Morgan fingerprint density at radius 1 is 0.893 bits per heavy atom. The maximum Gasteiger partial charge on any atom is 0.187 e. The molecule has 0 bridgehead atoms. The molecule has 1 aliphatic rings. The van der Waals surface area contributed by atoms with Gasteiger partial charge in [-0.15, -0.1) is 0 Å². The van der Waals surface area contributed by atoms with Crippen LogP contribution in [0.25, 0.3) is 12.2 Å². The second-order valence-corrected chi connectivity index (χ2v) is 7.23. The van der Waals surface area contributed by atoms with Gasteiger partial charge in [-0.1, -0.05) is 38.1 Å². The van der Waals surface area contributed by atoms with Gasteiger partial charge in [0.05, 0.1) is 0 Å². The van der Waals surface area contributed by atoms with Gasteiger partial charge in [-0.2, -0.15) is 0 Å². The lowest BCUT2D eigenvalue weighted by Crippen LogP contribution is -2.43. The van der Waals surface area contributed by atoms with E-state index in [2.05, 4.69) is 18.7 Å². The first-order chi connectivity index (χ1) is 13.5. The Kier molecular flexibility index (Phi) is 6.32. The van der Waals surface area contributed by atoms with Crippen LogP contribution in [0.15, 0.2) is 59.7 Å². The van der Waals surface area contributed by atoms with Gasteiger partial charge in [0.15, 0.2) is 5.78 Å². The molecule has 0 radical (unpaired) electrons. The van der Waals surface area contributed by atoms with Crippen LogP contribution >= 0.6 is 0 Å². The lowest BCUT2D eigenvalue weighted by molar-refractivity contribution is -0.113. The van der Waals surface area contributed by atoms with Gasteiger partial charge in [-0.3, -0.25) is 9.69 Å². The summed E-state index contributed by atoms with van der Waals surface area (Å²) in [6.45, 7) is 5.53. The van der Waals surface area contributed by atoms with E-state index in [0.717, 1.165) is 35.1 Å².